The Morgan fingerprint density at radius 1 is 0.971 bits per heavy atom. The summed E-state index contributed by atoms with van der Waals surface area (Å²) in [6.07, 6.45) is 7.99. The van der Waals surface area contributed by atoms with Crippen LogP contribution in [0.15, 0.2) is 11.6 Å². The van der Waals surface area contributed by atoms with Gasteiger partial charge in [-0.2, -0.15) is 0 Å². The van der Waals surface area contributed by atoms with Crippen LogP contribution in [-0.2, 0) is 9.47 Å². The van der Waals surface area contributed by atoms with Crippen molar-refractivity contribution in [1.82, 2.24) is 0 Å². The summed E-state index contributed by atoms with van der Waals surface area (Å²) in [6.45, 7) is 16.2. The normalized spacial score (nSPS) is 56.7. The topological polar surface area (TPSA) is 82.5 Å². The van der Waals surface area contributed by atoms with E-state index in [1.807, 2.05) is 19.9 Å². The maximum Gasteiger partial charge on any atom is 0.170 e. The molecule has 35 heavy (non-hydrogen) atoms. The van der Waals surface area contributed by atoms with E-state index in [1.54, 1.807) is 0 Å². The SMILES string of the molecule is CC(=CC(O)C1OC1(C)C)[C@H]1CC[C@]2(C)[C@@H]1C[C@@H](O)[C@@H]1C34CC[C@](O)(OC3)C(C)(C)[C@@H]4CC[C@]12C. The van der Waals surface area contributed by atoms with Crippen LogP contribution < -0.4 is 0 Å². The van der Waals surface area contributed by atoms with Crippen molar-refractivity contribution < 1.29 is 24.8 Å². The quantitative estimate of drug-likeness (QED) is 0.392. The standard InChI is InChI=1S/C30H48O5/c1-17(14-21(32)24-26(4,5)35-24)18-8-10-27(6)19(18)15-20(31)23-28(27,7)11-9-22-25(2,3)30(33)13-12-29(22,23)16-34-30/h14,18-24,31-33H,8-13,15-16H2,1-7H3/t18-,19-,20-,21?,22+,23+,24?,27-,28-,29?,30+/m1/s1. The predicted molar refractivity (Wildman–Crippen MR) is 134 cm³/mol. The molecular formula is C30H48O5. The van der Waals surface area contributed by atoms with Gasteiger partial charge in [0, 0.05) is 17.3 Å². The molecule has 198 valence electrons. The van der Waals surface area contributed by atoms with Crippen molar-refractivity contribution in [3.05, 3.63) is 11.6 Å². The Labute approximate surface area is 211 Å². The van der Waals surface area contributed by atoms with E-state index in [2.05, 4.69) is 34.6 Å². The maximum atomic E-state index is 12.0. The summed E-state index contributed by atoms with van der Waals surface area (Å²) in [5.41, 5.74) is 0.863. The van der Waals surface area contributed by atoms with Crippen LogP contribution in [0.25, 0.3) is 0 Å². The number of aliphatic hydroxyl groups is 3. The Kier molecular flexibility index (Phi) is 5.07. The van der Waals surface area contributed by atoms with E-state index in [-0.39, 0.29) is 45.4 Å². The molecule has 7 aliphatic rings. The van der Waals surface area contributed by atoms with E-state index in [0.29, 0.717) is 30.8 Å². The first-order chi connectivity index (χ1) is 16.1. The van der Waals surface area contributed by atoms with Crippen molar-refractivity contribution in [2.45, 2.75) is 123 Å². The zero-order valence-electron chi connectivity index (χ0n) is 22.9. The minimum absolute atomic E-state index is 0.0350. The van der Waals surface area contributed by atoms with E-state index in [1.165, 1.54) is 12.0 Å². The molecule has 1 spiro atoms. The third-order valence-electron chi connectivity index (χ3n) is 13.2. The molecule has 7 fully saturated rings. The minimum atomic E-state index is -1.03. The zero-order chi connectivity index (χ0) is 25.4. The van der Waals surface area contributed by atoms with Crippen LogP contribution in [-0.4, -0.2) is 51.6 Å². The number of hydrogen-bond donors (Lipinski definition) is 3. The van der Waals surface area contributed by atoms with Crippen molar-refractivity contribution >= 4 is 0 Å². The number of rotatable bonds is 3. The van der Waals surface area contributed by atoms with Gasteiger partial charge in [0.1, 0.15) is 12.2 Å². The van der Waals surface area contributed by atoms with E-state index in [9.17, 15) is 15.3 Å². The van der Waals surface area contributed by atoms with Gasteiger partial charge in [0.15, 0.2) is 5.79 Å². The molecule has 4 saturated carbocycles. The average molecular weight is 489 g/mol. The fraction of sp³-hybridized carbons (Fsp3) is 0.933. The monoisotopic (exact) mass is 488 g/mol. The lowest BCUT2D eigenvalue weighted by Crippen LogP contribution is -2.75. The highest BCUT2D eigenvalue weighted by Gasteiger charge is 2.76. The van der Waals surface area contributed by atoms with Gasteiger partial charge in [-0.05, 0) is 93.8 Å². The smallest absolute Gasteiger partial charge is 0.170 e. The molecule has 3 N–H and O–H groups in total. The first-order valence-electron chi connectivity index (χ1n) is 14.2. The van der Waals surface area contributed by atoms with Crippen LogP contribution in [0.1, 0.15) is 93.4 Å². The second-order valence-electron chi connectivity index (χ2n) is 15.0. The molecule has 3 unspecified atom stereocenters. The molecule has 3 aliphatic heterocycles. The lowest BCUT2D eigenvalue weighted by molar-refractivity contribution is -0.404. The van der Waals surface area contributed by atoms with Gasteiger partial charge in [-0.15, -0.1) is 0 Å². The molecule has 11 atom stereocenters. The number of ether oxygens (including phenoxy) is 2. The van der Waals surface area contributed by atoms with Crippen molar-refractivity contribution in [2.75, 3.05) is 6.61 Å². The van der Waals surface area contributed by atoms with Gasteiger partial charge < -0.3 is 24.8 Å². The Bertz CT molecular complexity index is 929. The number of hydrogen-bond acceptors (Lipinski definition) is 5. The molecule has 0 radical (unpaired) electrons. The molecular weight excluding hydrogens is 440 g/mol. The van der Waals surface area contributed by atoms with E-state index in [0.717, 1.165) is 32.1 Å². The molecule has 4 aliphatic carbocycles. The molecule has 7 rings (SSSR count). The molecule has 0 aromatic heterocycles. The zero-order valence-corrected chi connectivity index (χ0v) is 22.9. The van der Waals surface area contributed by atoms with Crippen LogP contribution in [0.3, 0.4) is 0 Å². The van der Waals surface area contributed by atoms with Crippen molar-refractivity contribution in [2.24, 2.45) is 45.3 Å². The summed E-state index contributed by atoms with van der Waals surface area (Å²) >= 11 is 0. The Balaban J connectivity index is 1.33. The fourth-order valence-electron chi connectivity index (χ4n) is 11.0. The van der Waals surface area contributed by atoms with Gasteiger partial charge >= 0.3 is 0 Å². The Morgan fingerprint density at radius 2 is 1.63 bits per heavy atom. The van der Waals surface area contributed by atoms with Crippen LogP contribution in [0.5, 0.6) is 0 Å². The van der Waals surface area contributed by atoms with Crippen molar-refractivity contribution in [3.63, 3.8) is 0 Å². The third kappa shape index (κ3) is 2.94. The lowest BCUT2D eigenvalue weighted by Gasteiger charge is -2.74. The lowest BCUT2D eigenvalue weighted by atomic mass is 9.33. The molecule has 0 amide bonds. The minimum Gasteiger partial charge on any atom is -0.393 e. The fourth-order valence-corrected chi connectivity index (χ4v) is 11.0. The first kappa shape index (κ1) is 24.9. The number of fused-ring (bicyclic) bond motifs is 5. The van der Waals surface area contributed by atoms with E-state index < -0.39 is 11.9 Å². The number of aliphatic hydroxyl groups excluding tert-OH is 2. The summed E-state index contributed by atoms with van der Waals surface area (Å²) in [7, 11) is 0. The van der Waals surface area contributed by atoms with E-state index >= 15 is 0 Å². The largest absolute Gasteiger partial charge is 0.393 e. The highest BCUT2D eigenvalue weighted by atomic mass is 16.6. The molecule has 0 aromatic carbocycles. The Morgan fingerprint density at radius 3 is 2.23 bits per heavy atom. The summed E-state index contributed by atoms with van der Waals surface area (Å²) in [5, 5.41) is 34.1. The first-order valence-corrected chi connectivity index (χ1v) is 14.2. The third-order valence-corrected chi connectivity index (χ3v) is 13.2. The van der Waals surface area contributed by atoms with Gasteiger partial charge in [0.25, 0.3) is 0 Å². The summed E-state index contributed by atoms with van der Waals surface area (Å²) in [5.74, 6) is 0.371. The van der Waals surface area contributed by atoms with Crippen molar-refractivity contribution in [1.29, 1.82) is 0 Å². The number of epoxide rings is 1. The molecule has 2 bridgehead atoms. The summed E-state index contributed by atoms with van der Waals surface area (Å²) < 4.78 is 12.0. The molecule has 3 heterocycles. The average Bonchev–Trinajstić information content (AvgIpc) is 3.27. The number of allylic oxidation sites excluding steroid dienone is 1. The van der Waals surface area contributed by atoms with Gasteiger partial charge in [-0.1, -0.05) is 39.3 Å². The molecule has 5 nitrogen and oxygen atoms in total. The second-order valence-corrected chi connectivity index (χ2v) is 15.0. The van der Waals surface area contributed by atoms with Crippen LogP contribution >= 0.6 is 0 Å². The van der Waals surface area contributed by atoms with Crippen LogP contribution in [0.2, 0.25) is 0 Å². The van der Waals surface area contributed by atoms with Gasteiger partial charge in [-0.3, -0.25) is 0 Å². The molecule has 3 saturated heterocycles. The predicted octanol–water partition coefficient (Wildman–Crippen LogP) is 4.83. The summed E-state index contributed by atoms with van der Waals surface area (Å²) in [6, 6.07) is 0. The highest BCUT2D eigenvalue weighted by molar-refractivity contribution is 5.25. The Hall–Kier alpha value is -0.460. The van der Waals surface area contributed by atoms with Gasteiger partial charge in [0.05, 0.1) is 18.3 Å². The van der Waals surface area contributed by atoms with Crippen molar-refractivity contribution in [3.8, 4) is 0 Å². The van der Waals surface area contributed by atoms with Crippen LogP contribution in [0.4, 0.5) is 0 Å². The molecule has 5 heteroatoms. The second kappa shape index (κ2) is 7.14. The van der Waals surface area contributed by atoms with Gasteiger partial charge in [-0.25, -0.2) is 0 Å². The van der Waals surface area contributed by atoms with Gasteiger partial charge in [0.2, 0.25) is 0 Å². The maximum absolute atomic E-state index is 12.0. The summed E-state index contributed by atoms with van der Waals surface area (Å²) in [4.78, 5) is 0. The molecule has 0 aromatic rings. The highest BCUT2D eigenvalue weighted by Crippen LogP contribution is 2.77. The van der Waals surface area contributed by atoms with Crippen LogP contribution in [0, 0.1) is 45.3 Å². The van der Waals surface area contributed by atoms with E-state index in [4.69, 9.17) is 9.47 Å².